The first-order valence-electron chi connectivity index (χ1n) is 3.72. The monoisotopic (exact) mass is 277 g/mol. The third-order valence-corrected chi connectivity index (χ3v) is 2.79. The predicted molar refractivity (Wildman–Crippen MR) is 58.3 cm³/mol. The van der Waals surface area contributed by atoms with Gasteiger partial charge in [0.05, 0.1) is 7.11 Å². The maximum atomic E-state index is 5.60. The van der Waals surface area contributed by atoms with Crippen LogP contribution in [0.5, 0.6) is 5.75 Å². The van der Waals surface area contributed by atoms with Crippen LogP contribution in [0.1, 0.15) is 11.1 Å². The van der Waals surface area contributed by atoms with Crippen molar-refractivity contribution >= 4 is 22.6 Å². The minimum atomic E-state index is 0.591. The van der Waals surface area contributed by atoms with Gasteiger partial charge in [-0.15, -0.1) is 0 Å². The zero-order chi connectivity index (χ0) is 9.14. The molecular formula is C9H12INO. The first kappa shape index (κ1) is 9.80. The Morgan fingerprint density at radius 3 is 2.58 bits per heavy atom. The van der Waals surface area contributed by atoms with Gasteiger partial charge >= 0.3 is 0 Å². The lowest BCUT2D eigenvalue weighted by Crippen LogP contribution is -2.02. The Labute approximate surface area is 86.2 Å². The molecule has 0 atom stereocenters. The Morgan fingerprint density at radius 2 is 2.17 bits per heavy atom. The highest BCUT2D eigenvalue weighted by molar-refractivity contribution is 14.1. The van der Waals surface area contributed by atoms with Crippen LogP contribution >= 0.6 is 22.6 Å². The molecule has 1 aromatic carbocycles. The van der Waals surface area contributed by atoms with Crippen LogP contribution in [0.4, 0.5) is 0 Å². The number of hydrogen-bond acceptors (Lipinski definition) is 2. The fourth-order valence-electron chi connectivity index (χ4n) is 1.12. The second-order valence-electron chi connectivity index (χ2n) is 2.61. The van der Waals surface area contributed by atoms with Crippen molar-refractivity contribution in [1.82, 2.24) is 0 Å². The molecule has 3 heteroatoms. The molecular weight excluding hydrogens is 265 g/mol. The fourth-order valence-corrected chi connectivity index (χ4v) is 2.07. The largest absolute Gasteiger partial charge is 0.497 e. The summed E-state index contributed by atoms with van der Waals surface area (Å²) in [6, 6.07) is 4.00. The van der Waals surface area contributed by atoms with E-state index in [9.17, 15) is 0 Å². The zero-order valence-electron chi connectivity index (χ0n) is 7.23. The summed E-state index contributed by atoms with van der Waals surface area (Å²) in [5.74, 6) is 0.897. The van der Waals surface area contributed by atoms with E-state index in [1.54, 1.807) is 7.11 Å². The Morgan fingerprint density at radius 1 is 1.50 bits per heavy atom. The molecule has 0 amide bonds. The smallest absolute Gasteiger partial charge is 0.120 e. The molecule has 66 valence electrons. The molecule has 0 saturated carbocycles. The average molecular weight is 277 g/mol. The molecule has 1 rings (SSSR count). The normalized spacial score (nSPS) is 10.0. The highest BCUT2D eigenvalue weighted by Crippen LogP contribution is 2.22. The highest BCUT2D eigenvalue weighted by atomic mass is 127. The molecule has 0 aliphatic carbocycles. The second-order valence-corrected chi connectivity index (χ2v) is 3.77. The van der Waals surface area contributed by atoms with Crippen LogP contribution in [-0.4, -0.2) is 7.11 Å². The van der Waals surface area contributed by atoms with Gasteiger partial charge in [0.25, 0.3) is 0 Å². The van der Waals surface area contributed by atoms with Crippen molar-refractivity contribution in [3.63, 3.8) is 0 Å². The number of rotatable bonds is 2. The van der Waals surface area contributed by atoms with Gasteiger partial charge in [-0.3, -0.25) is 0 Å². The number of nitrogens with two attached hydrogens (primary N) is 1. The number of benzene rings is 1. The topological polar surface area (TPSA) is 35.2 Å². The molecule has 0 aromatic heterocycles. The van der Waals surface area contributed by atoms with Crippen LogP contribution in [0.3, 0.4) is 0 Å². The summed E-state index contributed by atoms with van der Waals surface area (Å²) >= 11 is 2.27. The molecule has 0 bridgehead atoms. The van der Waals surface area contributed by atoms with Crippen molar-refractivity contribution in [1.29, 1.82) is 0 Å². The summed E-state index contributed by atoms with van der Waals surface area (Å²) in [6.07, 6.45) is 0. The van der Waals surface area contributed by atoms with Gasteiger partial charge in [0.1, 0.15) is 5.75 Å². The third kappa shape index (κ3) is 1.90. The molecule has 2 N–H and O–H groups in total. The van der Waals surface area contributed by atoms with Crippen LogP contribution in [0.25, 0.3) is 0 Å². The van der Waals surface area contributed by atoms with E-state index in [2.05, 4.69) is 22.6 Å². The predicted octanol–water partition coefficient (Wildman–Crippen LogP) is 2.07. The first-order valence-corrected chi connectivity index (χ1v) is 4.80. The van der Waals surface area contributed by atoms with Gasteiger partial charge in [-0.25, -0.2) is 0 Å². The van der Waals surface area contributed by atoms with Crippen molar-refractivity contribution < 1.29 is 4.74 Å². The summed E-state index contributed by atoms with van der Waals surface area (Å²) in [4.78, 5) is 0. The lowest BCUT2D eigenvalue weighted by molar-refractivity contribution is 0.414. The van der Waals surface area contributed by atoms with E-state index < -0.39 is 0 Å². The highest BCUT2D eigenvalue weighted by Gasteiger charge is 2.03. The number of hydrogen-bond donors (Lipinski definition) is 1. The minimum absolute atomic E-state index is 0.591. The fraction of sp³-hybridized carbons (Fsp3) is 0.333. The average Bonchev–Trinajstić information content (AvgIpc) is 2.03. The molecule has 0 radical (unpaired) electrons. The van der Waals surface area contributed by atoms with Crippen molar-refractivity contribution in [2.75, 3.05) is 7.11 Å². The SMILES string of the molecule is COc1cc(C)c(CN)c(I)c1. The standard InChI is InChI=1S/C9H12INO/c1-6-3-7(12-2)4-9(10)8(6)5-11/h3-4H,5,11H2,1-2H3. The molecule has 0 unspecified atom stereocenters. The van der Waals surface area contributed by atoms with E-state index in [0.717, 1.165) is 5.75 Å². The molecule has 0 fully saturated rings. The lowest BCUT2D eigenvalue weighted by Gasteiger charge is -2.08. The maximum Gasteiger partial charge on any atom is 0.120 e. The number of aryl methyl sites for hydroxylation is 1. The Balaban J connectivity index is 3.18. The summed E-state index contributed by atoms with van der Waals surface area (Å²) in [6.45, 7) is 2.64. The van der Waals surface area contributed by atoms with Gasteiger partial charge in [-0.05, 0) is 52.8 Å². The quantitative estimate of drug-likeness (QED) is 0.840. The van der Waals surface area contributed by atoms with Gasteiger partial charge in [0, 0.05) is 10.1 Å². The van der Waals surface area contributed by atoms with Crippen LogP contribution in [-0.2, 0) is 6.54 Å². The summed E-state index contributed by atoms with van der Waals surface area (Å²) in [5, 5.41) is 0. The van der Waals surface area contributed by atoms with Crippen molar-refractivity contribution in [2.24, 2.45) is 5.73 Å². The van der Waals surface area contributed by atoms with E-state index in [4.69, 9.17) is 10.5 Å². The Hall–Kier alpha value is -0.290. The minimum Gasteiger partial charge on any atom is -0.497 e. The lowest BCUT2D eigenvalue weighted by atomic mass is 10.1. The third-order valence-electron chi connectivity index (χ3n) is 1.83. The second kappa shape index (κ2) is 4.09. The molecule has 0 heterocycles. The summed E-state index contributed by atoms with van der Waals surface area (Å²) in [5.41, 5.74) is 8.00. The molecule has 12 heavy (non-hydrogen) atoms. The van der Waals surface area contributed by atoms with Gasteiger partial charge < -0.3 is 10.5 Å². The van der Waals surface area contributed by atoms with Crippen LogP contribution < -0.4 is 10.5 Å². The molecule has 0 aliphatic rings. The number of halogens is 1. The van der Waals surface area contributed by atoms with E-state index in [1.807, 2.05) is 19.1 Å². The molecule has 0 saturated heterocycles. The summed E-state index contributed by atoms with van der Waals surface area (Å²) in [7, 11) is 1.67. The van der Waals surface area contributed by atoms with Gasteiger partial charge in [0.15, 0.2) is 0 Å². The summed E-state index contributed by atoms with van der Waals surface area (Å²) < 4.78 is 6.30. The van der Waals surface area contributed by atoms with Gasteiger partial charge in [-0.1, -0.05) is 0 Å². The molecule has 1 aromatic rings. The van der Waals surface area contributed by atoms with Gasteiger partial charge in [0.2, 0.25) is 0 Å². The van der Waals surface area contributed by atoms with E-state index in [1.165, 1.54) is 14.7 Å². The Bertz CT molecular complexity index is 263. The zero-order valence-corrected chi connectivity index (χ0v) is 9.38. The van der Waals surface area contributed by atoms with Crippen molar-refractivity contribution in [3.05, 3.63) is 26.8 Å². The van der Waals surface area contributed by atoms with Crippen molar-refractivity contribution in [2.45, 2.75) is 13.5 Å². The van der Waals surface area contributed by atoms with Crippen molar-refractivity contribution in [3.8, 4) is 5.75 Å². The van der Waals surface area contributed by atoms with E-state index >= 15 is 0 Å². The Kier molecular flexibility index (Phi) is 3.34. The number of ether oxygens (including phenoxy) is 1. The maximum absolute atomic E-state index is 5.60. The van der Waals surface area contributed by atoms with Gasteiger partial charge in [-0.2, -0.15) is 0 Å². The molecule has 0 spiro atoms. The number of methoxy groups -OCH3 is 1. The van der Waals surface area contributed by atoms with E-state index in [-0.39, 0.29) is 0 Å². The van der Waals surface area contributed by atoms with E-state index in [0.29, 0.717) is 6.54 Å². The molecule has 0 aliphatic heterocycles. The molecule has 2 nitrogen and oxygen atoms in total. The van der Waals surface area contributed by atoms with Crippen LogP contribution in [0.15, 0.2) is 12.1 Å². The van der Waals surface area contributed by atoms with Crippen LogP contribution in [0, 0.1) is 10.5 Å². The first-order chi connectivity index (χ1) is 5.69. The van der Waals surface area contributed by atoms with Crippen LogP contribution in [0.2, 0.25) is 0 Å².